The first-order valence-electron chi connectivity index (χ1n) is 9.45. The van der Waals surface area contributed by atoms with Crippen molar-refractivity contribution >= 4 is 28.4 Å². The summed E-state index contributed by atoms with van der Waals surface area (Å²) in [6, 6.07) is 12.5. The molecule has 2 heterocycles. The maximum Gasteiger partial charge on any atom is 0.224 e. The van der Waals surface area contributed by atoms with E-state index in [2.05, 4.69) is 10.00 Å². The number of piperazine rings is 1. The third-order valence-corrected chi connectivity index (χ3v) is 5.45. The zero-order chi connectivity index (χ0) is 19.5. The monoisotopic (exact) mass is 400 g/mol. The van der Waals surface area contributed by atoms with E-state index in [9.17, 15) is 9.18 Å². The van der Waals surface area contributed by atoms with E-state index < -0.39 is 0 Å². The van der Waals surface area contributed by atoms with Crippen molar-refractivity contribution < 1.29 is 9.18 Å². The van der Waals surface area contributed by atoms with Crippen molar-refractivity contribution in [3.8, 4) is 0 Å². The smallest absolute Gasteiger partial charge is 0.224 e. The molecule has 2 aromatic carbocycles. The second-order valence-corrected chi connectivity index (χ2v) is 7.51. The molecule has 1 saturated heterocycles. The molecule has 1 aromatic heterocycles. The molecule has 1 aliphatic heterocycles. The van der Waals surface area contributed by atoms with Crippen molar-refractivity contribution in [3.63, 3.8) is 0 Å². The average Bonchev–Trinajstić information content (AvgIpc) is 3.10. The minimum absolute atomic E-state index is 0.128. The molecular formula is C21H22ClFN4O. The molecule has 0 saturated carbocycles. The Labute approximate surface area is 168 Å². The van der Waals surface area contributed by atoms with E-state index >= 15 is 0 Å². The molecule has 7 heteroatoms. The van der Waals surface area contributed by atoms with Gasteiger partial charge in [0.25, 0.3) is 0 Å². The quantitative estimate of drug-likeness (QED) is 0.657. The molecule has 0 aliphatic carbocycles. The number of amides is 1. The first-order valence-corrected chi connectivity index (χ1v) is 9.82. The molecule has 1 amide bonds. The van der Waals surface area contributed by atoms with Crippen LogP contribution in [-0.2, 0) is 17.9 Å². The lowest BCUT2D eigenvalue weighted by atomic mass is 10.2. The number of fused-ring (bicyclic) bond motifs is 1. The lowest BCUT2D eigenvalue weighted by Gasteiger charge is -2.34. The summed E-state index contributed by atoms with van der Waals surface area (Å²) in [5.74, 6) is -0.0445. The normalized spacial score (nSPS) is 15.3. The molecule has 146 valence electrons. The molecule has 28 heavy (non-hydrogen) atoms. The Kier molecular flexibility index (Phi) is 5.59. The van der Waals surface area contributed by atoms with Crippen LogP contribution in [0, 0.1) is 5.82 Å². The van der Waals surface area contributed by atoms with Crippen LogP contribution in [-0.4, -0.2) is 51.7 Å². The molecule has 1 fully saturated rings. The van der Waals surface area contributed by atoms with Crippen LogP contribution in [0.3, 0.4) is 0 Å². The highest BCUT2D eigenvalue weighted by atomic mass is 35.5. The Bertz CT molecular complexity index is 981. The number of rotatable bonds is 5. The van der Waals surface area contributed by atoms with Crippen LogP contribution in [0.4, 0.5) is 4.39 Å². The van der Waals surface area contributed by atoms with E-state index in [1.54, 1.807) is 12.3 Å². The third kappa shape index (κ3) is 4.18. The van der Waals surface area contributed by atoms with Gasteiger partial charge >= 0.3 is 0 Å². The van der Waals surface area contributed by atoms with Gasteiger partial charge in [0.1, 0.15) is 5.82 Å². The summed E-state index contributed by atoms with van der Waals surface area (Å²) >= 11 is 6.01. The fraction of sp³-hybridized carbons (Fsp3) is 0.333. The van der Waals surface area contributed by atoms with Crippen molar-refractivity contribution in [1.29, 1.82) is 0 Å². The fourth-order valence-corrected chi connectivity index (χ4v) is 3.80. The first kappa shape index (κ1) is 18.9. The fourth-order valence-electron chi connectivity index (χ4n) is 3.62. The molecular weight excluding hydrogens is 379 g/mol. The van der Waals surface area contributed by atoms with E-state index in [1.165, 1.54) is 6.07 Å². The maximum atomic E-state index is 13.8. The summed E-state index contributed by atoms with van der Waals surface area (Å²) in [5, 5.41) is 6.02. The molecule has 1 aliphatic rings. The highest BCUT2D eigenvalue weighted by Gasteiger charge is 2.21. The molecule has 0 unspecified atom stereocenters. The molecule has 0 radical (unpaired) electrons. The third-order valence-electron chi connectivity index (χ3n) is 5.22. The van der Waals surface area contributed by atoms with E-state index in [0.29, 0.717) is 43.2 Å². The predicted octanol–water partition coefficient (Wildman–Crippen LogP) is 3.56. The minimum atomic E-state index is -0.172. The standard InChI is InChI=1S/C21H22ClFN4O/c22-18-5-6-20-17(13-18)14-24-27(20)8-7-21(28)26-11-9-25(10-12-26)15-16-3-1-2-4-19(16)23/h1-6,13-14H,7-12,15H2. The maximum absolute atomic E-state index is 13.8. The Hall–Kier alpha value is -2.44. The second kappa shape index (κ2) is 8.29. The summed E-state index contributed by atoms with van der Waals surface area (Å²) in [5.41, 5.74) is 1.68. The van der Waals surface area contributed by atoms with Gasteiger partial charge in [0, 0.05) is 55.1 Å². The number of carbonyl (C=O) groups excluding carboxylic acids is 1. The largest absolute Gasteiger partial charge is 0.340 e. The Morgan fingerprint density at radius 3 is 2.68 bits per heavy atom. The van der Waals surface area contributed by atoms with E-state index in [4.69, 9.17) is 11.6 Å². The van der Waals surface area contributed by atoms with Crippen molar-refractivity contribution in [2.75, 3.05) is 26.2 Å². The average molecular weight is 401 g/mol. The van der Waals surface area contributed by atoms with Gasteiger partial charge in [0.15, 0.2) is 0 Å². The summed E-state index contributed by atoms with van der Waals surface area (Å²) in [7, 11) is 0. The summed E-state index contributed by atoms with van der Waals surface area (Å²) < 4.78 is 15.7. The number of carbonyl (C=O) groups is 1. The van der Waals surface area contributed by atoms with Crippen LogP contribution < -0.4 is 0 Å². The summed E-state index contributed by atoms with van der Waals surface area (Å²) in [4.78, 5) is 16.7. The minimum Gasteiger partial charge on any atom is -0.340 e. The number of nitrogens with zero attached hydrogens (tertiary/aromatic N) is 4. The molecule has 0 bridgehead atoms. The van der Waals surface area contributed by atoms with Crippen molar-refractivity contribution in [2.45, 2.75) is 19.5 Å². The van der Waals surface area contributed by atoms with Gasteiger partial charge in [-0.15, -0.1) is 0 Å². The van der Waals surface area contributed by atoms with Gasteiger partial charge < -0.3 is 4.90 Å². The van der Waals surface area contributed by atoms with Crippen molar-refractivity contribution in [2.24, 2.45) is 0 Å². The summed E-state index contributed by atoms with van der Waals surface area (Å²) in [6.45, 7) is 3.97. The van der Waals surface area contributed by atoms with E-state index in [0.717, 1.165) is 24.0 Å². The highest BCUT2D eigenvalue weighted by Crippen LogP contribution is 2.19. The molecule has 0 atom stereocenters. The lowest BCUT2D eigenvalue weighted by molar-refractivity contribution is -0.133. The number of aryl methyl sites for hydroxylation is 1. The van der Waals surface area contributed by atoms with Crippen LogP contribution in [0.25, 0.3) is 10.9 Å². The van der Waals surface area contributed by atoms with Crippen molar-refractivity contribution in [1.82, 2.24) is 19.6 Å². The zero-order valence-corrected chi connectivity index (χ0v) is 16.3. The lowest BCUT2D eigenvalue weighted by Crippen LogP contribution is -2.48. The molecule has 0 spiro atoms. The SMILES string of the molecule is O=C(CCn1ncc2cc(Cl)ccc21)N1CCN(Cc2ccccc2F)CC1. The Morgan fingerprint density at radius 1 is 1.11 bits per heavy atom. The van der Waals surface area contributed by atoms with Gasteiger partial charge in [-0.05, 0) is 24.3 Å². The van der Waals surface area contributed by atoms with Gasteiger partial charge in [-0.1, -0.05) is 29.8 Å². The van der Waals surface area contributed by atoms with Crippen LogP contribution in [0.15, 0.2) is 48.7 Å². The van der Waals surface area contributed by atoms with Gasteiger partial charge in [0.2, 0.25) is 5.91 Å². The highest BCUT2D eigenvalue weighted by molar-refractivity contribution is 6.31. The van der Waals surface area contributed by atoms with Gasteiger partial charge in [0.05, 0.1) is 18.3 Å². The van der Waals surface area contributed by atoms with Crippen LogP contribution in [0.2, 0.25) is 5.02 Å². The Balaban J connectivity index is 1.28. The topological polar surface area (TPSA) is 41.4 Å². The predicted molar refractivity (Wildman–Crippen MR) is 108 cm³/mol. The second-order valence-electron chi connectivity index (χ2n) is 7.07. The van der Waals surface area contributed by atoms with Crippen LogP contribution in [0.5, 0.6) is 0 Å². The van der Waals surface area contributed by atoms with Crippen LogP contribution >= 0.6 is 11.6 Å². The Morgan fingerprint density at radius 2 is 1.89 bits per heavy atom. The number of benzene rings is 2. The number of aromatic nitrogens is 2. The van der Waals surface area contributed by atoms with E-state index in [-0.39, 0.29) is 11.7 Å². The number of hydrogen-bond acceptors (Lipinski definition) is 3. The van der Waals surface area contributed by atoms with Gasteiger partial charge in [-0.25, -0.2) is 4.39 Å². The number of hydrogen-bond donors (Lipinski definition) is 0. The van der Waals surface area contributed by atoms with Crippen molar-refractivity contribution in [3.05, 3.63) is 65.1 Å². The van der Waals surface area contributed by atoms with Crippen LogP contribution in [0.1, 0.15) is 12.0 Å². The zero-order valence-electron chi connectivity index (χ0n) is 15.5. The first-order chi connectivity index (χ1) is 13.6. The van der Waals surface area contributed by atoms with E-state index in [1.807, 2.05) is 39.9 Å². The van der Waals surface area contributed by atoms with Gasteiger partial charge in [-0.2, -0.15) is 5.10 Å². The molecule has 4 rings (SSSR count). The molecule has 5 nitrogen and oxygen atoms in total. The molecule has 3 aromatic rings. The van der Waals surface area contributed by atoms with Gasteiger partial charge in [-0.3, -0.25) is 14.4 Å². The molecule has 0 N–H and O–H groups in total. The summed E-state index contributed by atoms with van der Waals surface area (Å²) in [6.07, 6.45) is 2.18. The number of halogens is 2.